The number of aliphatic hydroxyl groups excluding tert-OH is 2. The Hall–Kier alpha value is -2.64. The van der Waals surface area contributed by atoms with Crippen LogP contribution in [0.25, 0.3) is 0 Å². The fraction of sp³-hybridized carbons (Fsp3) is 0.714. The normalized spacial score (nSPS) is 19.8. The highest BCUT2D eigenvalue weighted by Gasteiger charge is 2.25. The smallest absolute Gasteiger partial charge is 0.343 e. The van der Waals surface area contributed by atoms with Crippen LogP contribution in [0.15, 0.2) is 32.6 Å². The monoisotopic (exact) mass is 506 g/mol. The molecule has 0 aromatic carbocycles. The Morgan fingerprint density at radius 1 is 0.722 bits per heavy atom. The molecule has 204 valence electrons. The van der Waals surface area contributed by atoms with Gasteiger partial charge in [-0.25, -0.2) is 9.59 Å². The maximum Gasteiger partial charge on any atom is 0.343 e. The highest BCUT2D eigenvalue weighted by atomic mass is 16.5. The number of aliphatic hydroxyl groups is 2. The van der Waals surface area contributed by atoms with E-state index in [0.29, 0.717) is 13.2 Å². The zero-order chi connectivity index (χ0) is 26.8. The van der Waals surface area contributed by atoms with Gasteiger partial charge in [-0.15, -0.1) is 0 Å². The van der Waals surface area contributed by atoms with Crippen LogP contribution in [0.4, 0.5) is 0 Å². The van der Waals surface area contributed by atoms with Crippen molar-refractivity contribution in [3.8, 4) is 0 Å². The molecule has 8 nitrogen and oxygen atoms in total. The molecule has 2 N–H and O–H groups in total. The number of allylic oxidation sites excluding steroid dienone is 2. The van der Waals surface area contributed by atoms with Crippen LogP contribution in [0.1, 0.15) is 105 Å². The zero-order valence-electron chi connectivity index (χ0n) is 22.6. The van der Waals surface area contributed by atoms with Crippen molar-refractivity contribution < 1.29 is 29.3 Å². The first-order chi connectivity index (χ1) is 17.3. The van der Waals surface area contributed by atoms with Gasteiger partial charge in [-0.2, -0.15) is 0 Å². The van der Waals surface area contributed by atoms with Crippen molar-refractivity contribution in [1.29, 1.82) is 0 Å². The largest absolute Gasteiger partial charge is 0.512 e. The Morgan fingerprint density at radius 2 is 1.11 bits per heavy atom. The molecule has 1 aliphatic carbocycles. The van der Waals surface area contributed by atoms with Crippen LogP contribution in [0.3, 0.4) is 0 Å². The van der Waals surface area contributed by atoms with Crippen molar-refractivity contribution in [2.24, 2.45) is 9.98 Å². The molecule has 0 aliphatic heterocycles. The van der Waals surface area contributed by atoms with Gasteiger partial charge in [-0.1, -0.05) is 65.2 Å². The summed E-state index contributed by atoms with van der Waals surface area (Å²) in [6.45, 7) is 7.72. The summed E-state index contributed by atoms with van der Waals surface area (Å²) < 4.78 is 10.6. The summed E-state index contributed by atoms with van der Waals surface area (Å²) in [6, 6.07) is -0.431. The highest BCUT2D eigenvalue weighted by molar-refractivity contribution is 6.10. The molecule has 0 saturated heterocycles. The molecule has 1 fully saturated rings. The minimum absolute atomic E-state index is 0.0391. The number of nitrogens with zero attached hydrogens (tertiary/aromatic N) is 2. The van der Waals surface area contributed by atoms with E-state index >= 15 is 0 Å². The predicted octanol–water partition coefficient (Wildman–Crippen LogP) is 6.35. The van der Waals surface area contributed by atoms with Crippen molar-refractivity contribution >= 4 is 24.4 Å². The minimum Gasteiger partial charge on any atom is -0.512 e. The maximum absolute atomic E-state index is 12.4. The molecular formula is C28H46N2O6. The minimum atomic E-state index is -0.589. The fourth-order valence-corrected chi connectivity index (χ4v) is 3.91. The van der Waals surface area contributed by atoms with E-state index < -0.39 is 11.9 Å². The number of unbranched alkanes of at least 4 members (excludes halogenated alkanes) is 6. The van der Waals surface area contributed by atoms with Crippen molar-refractivity contribution in [2.75, 3.05) is 13.2 Å². The van der Waals surface area contributed by atoms with Crippen molar-refractivity contribution in [1.82, 2.24) is 0 Å². The molecule has 1 saturated carbocycles. The highest BCUT2D eigenvalue weighted by Crippen LogP contribution is 2.24. The first kappa shape index (κ1) is 31.4. The standard InChI is InChI=1S/C28H46N2O6/c1-5-7-9-13-17-35-27(33)23(21(3)31)19-29-25-15-11-12-16-26(25)30-20-24(22(4)32)28(34)36-18-14-10-8-6-2/h19-20,25-26,31-32H,5-18H2,1-4H3/b23-21+,24-22+,29-19?,30-20?/t25-,26-/m0/s1. The number of carbonyl (C=O) groups is 2. The lowest BCUT2D eigenvalue weighted by Gasteiger charge is -2.25. The molecule has 0 bridgehead atoms. The van der Waals surface area contributed by atoms with Crippen molar-refractivity contribution in [3.05, 3.63) is 22.7 Å². The van der Waals surface area contributed by atoms with E-state index in [4.69, 9.17) is 9.47 Å². The molecule has 36 heavy (non-hydrogen) atoms. The average molecular weight is 507 g/mol. The number of hydrogen-bond acceptors (Lipinski definition) is 8. The van der Waals surface area contributed by atoms with Crippen LogP contribution in [-0.4, -0.2) is 59.9 Å². The lowest BCUT2D eigenvalue weighted by Crippen LogP contribution is -2.28. The van der Waals surface area contributed by atoms with Crippen LogP contribution in [0.2, 0.25) is 0 Å². The molecule has 0 amide bonds. The third-order valence-corrected chi connectivity index (χ3v) is 6.17. The van der Waals surface area contributed by atoms with Crippen LogP contribution in [0.5, 0.6) is 0 Å². The third-order valence-electron chi connectivity index (χ3n) is 6.17. The van der Waals surface area contributed by atoms with E-state index in [2.05, 4.69) is 23.8 Å². The van der Waals surface area contributed by atoms with Gasteiger partial charge in [0.1, 0.15) is 22.7 Å². The zero-order valence-corrected chi connectivity index (χ0v) is 22.6. The maximum atomic E-state index is 12.4. The van der Waals surface area contributed by atoms with Gasteiger partial charge in [-0.3, -0.25) is 9.98 Å². The SMILES string of the molecule is CCCCCCOC(=O)/C(C=N[C@H]1CCCC[C@@H]1N=C/C(C(=O)OCCCCCC)=C(/C)O)=C(\C)O. The van der Waals surface area contributed by atoms with E-state index in [1.54, 1.807) is 0 Å². The summed E-state index contributed by atoms with van der Waals surface area (Å²) in [4.78, 5) is 34.0. The molecule has 1 aliphatic rings. The Balaban J connectivity index is 2.81. The molecule has 0 aromatic heterocycles. The van der Waals surface area contributed by atoms with E-state index in [0.717, 1.165) is 77.0 Å². The van der Waals surface area contributed by atoms with Crippen LogP contribution < -0.4 is 0 Å². The molecule has 2 atom stereocenters. The van der Waals surface area contributed by atoms with E-state index in [-0.39, 0.29) is 34.7 Å². The Morgan fingerprint density at radius 3 is 1.44 bits per heavy atom. The Labute approximate surface area is 216 Å². The molecular weight excluding hydrogens is 460 g/mol. The molecule has 0 aromatic rings. The first-order valence-electron chi connectivity index (χ1n) is 13.5. The van der Waals surface area contributed by atoms with Gasteiger partial charge in [0.25, 0.3) is 0 Å². The quantitative estimate of drug-likeness (QED) is 0.0828. The van der Waals surface area contributed by atoms with Crippen molar-refractivity contribution in [2.45, 2.75) is 117 Å². The van der Waals surface area contributed by atoms with Gasteiger partial charge in [0.15, 0.2) is 0 Å². The summed E-state index contributed by atoms with van der Waals surface area (Å²) in [5.41, 5.74) is 0.0782. The average Bonchev–Trinajstić information content (AvgIpc) is 2.84. The van der Waals surface area contributed by atoms with Gasteiger partial charge >= 0.3 is 11.9 Å². The Bertz CT molecular complexity index is 726. The van der Waals surface area contributed by atoms with Gasteiger partial charge in [0, 0.05) is 12.4 Å². The van der Waals surface area contributed by atoms with Gasteiger partial charge < -0.3 is 19.7 Å². The van der Waals surface area contributed by atoms with Crippen molar-refractivity contribution in [3.63, 3.8) is 0 Å². The molecule has 0 spiro atoms. The lowest BCUT2D eigenvalue weighted by atomic mass is 9.91. The summed E-state index contributed by atoms with van der Waals surface area (Å²) in [7, 11) is 0. The van der Waals surface area contributed by atoms with Crippen LogP contribution in [0, 0.1) is 0 Å². The van der Waals surface area contributed by atoms with E-state index in [1.165, 1.54) is 26.3 Å². The second kappa shape index (κ2) is 18.6. The Kier molecular flexibility index (Phi) is 16.2. The number of aliphatic imine (C=N–C) groups is 2. The summed E-state index contributed by atoms with van der Waals surface area (Å²) in [5.74, 6) is -1.46. The number of esters is 2. The lowest BCUT2D eigenvalue weighted by molar-refractivity contribution is -0.139. The van der Waals surface area contributed by atoms with Gasteiger partial charge in [0.05, 0.1) is 25.3 Å². The van der Waals surface area contributed by atoms with E-state index in [1.807, 2.05) is 0 Å². The number of rotatable bonds is 16. The first-order valence-corrected chi connectivity index (χ1v) is 13.5. The van der Waals surface area contributed by atoms with Gasteiger partial charge in [-0.05, 0) is 39.5 Å². The molecule has 0 heterocycles. The second-order valence-electron chi connectivity index (χ2n) is 9.37. The molecule has 1 rings (SSSR count). The second-order valence-corrected chi connectivity index (χ2v) is 9.37. The third kappa shape index (κ3) is 12.4. The fourth-order valence-electron chi connectivity index (χ4n) is 3.91. The number of hydrogen-bond donors (Lipinski definition) is 2. The molecule has 0 radical (unpaired) electrons. The topological polar surface area (TPSA) is 118 Å². The summed E-state index contributed by atoms with van der Waals surface area (Å²) in [5, 5.41) is 20.0. The predicted molar refractivity (Wildman–Crippen MR) is 144 cm³/mol. The summed E-state index contributed by atoms with van der Waals surface area (Å²) in [6.07, 6.45) is 14.2. The number of carbonyl (C=O) groups excluding carboxylic acids is 2. The van der Waals surface area contributed by atoms with E-state index in [9.17, 15) is 19.8 Å². The van der Waals surface area contributed by atoms with Crippen LogP contribution in [-0.2, 0) is 19.1 Å². The number of ether oxygens (including phenoxy) is 2. The van der Waals surface area contributed by atoms with Crippen LogP contribution >= 0.6 is 0 Å². The molecule has 0 unspecified atom stereocenters. The summed E-state index contributed by atoms with van der Waals surface area (Å²) >= 11 is 0. The molecule has 8 heteroatoms. The van der Waals surface area contributed by atoms with Gasteiger partial charge in [0.2, 0.25) is 0 Å².